The van der Waals surface area contributed by atoms with Gasteiger partial charge in [-0.2, -0.15) is 0 Å². The lowest BCUT2D eigenvalue weighted by Gasteiger charge is -2.20. The first-order valence-corrected chi connectivity index (χ1v) is 5.99. The Balaban J connectivity index is 2.29. The van der Waals surface area contributed by atoms with E-state index in [1.54, 1.807) is 4.90 Å². The van der Waals surface area contributed by atoms with Crippen LogP contribution in [-0.2, 0) is 4.79 Å². The summed E-state index contributed by atoms with van der Waals surface area (Å²) < 4.78 is 0. The highest BCUT2D eigenvalue weighted by molar-refractivity contribution is 5.75. The van der Waals surface area contributed by atoms with Crippen molar-refractivity contribution in [2.75, 3.05) is 26.2 Å². The quantitative estimate of drug-likeness (QED) is 0.662. The molecule has 0 aromatic rings. The van der Waals surface area contributed by atoms with Crippen molar-refractivity contribution in [1.29, 1.82) is 0 Å². The normalized spacial score (nSPS) is 20.8. The van der Waals surface area contributed by atoms with E-state index in [-0.39, 0.29) is 31.5 Å². The van der Waals surface area contributed by atoms with E-state index < -0.39 is 5.97 Å². The molecule has 2 amide bonds. The summed E-state index contributed by atoms with van der Waals surface area (Å²) in [6, 6.07) is -0.204. The number of rotatable bonds is 4. The van der Waals surface area contributed by atoms with Crippen molar-refractivity contribution in [3.63, 3.8) is 0 Å². The smallest absolute Gasteiger partial charge is 0.317 e. The summed E-state index contributed by atoms with van der Waals surface area (Å²) in [5.41, 5.74) is 0. The molecule has 0 aliphatic carbocycles. The molecule has 0 radical (unpaired) electrons. The highest BCUT2D eigenvalue weighted by Crippen LogP contribution is 2.16. The fourth-order valence-electron chi connectivity index (χ4n) is 1.94. The minimum Gasteiger partial charge on any atom is -0.481 e. The van der Waals surface area contributed by atoms with Crippen LogP contribution >= 0.6 is 0 Å². The van der Waals surface area contributed by atoms with E-state index in [0.717, 1.165) is 19.3 Å². The molecule has 1 saturated heterocycles. The summed E-state index contributed by atoms with van der Waals surface area (Å²) >= 11 is 0. The van der Waals surface area contributed by atoms with Crippen molar-refractivity contribution in [1.82, 2.24) is 10.2 Å². The molecule has 1 atom stereocenters. The number of carbonyl (C=O) groups is 2. The van der Waals surface area contributed by atoms with Crippen molar-refractivity contribution in [3.8, 4) is 0 Å². The highest BCUT2D eigenvalue weighted by atomic mass is 16.4. The molecule has 3 N–H and O–H groups in total. The molecule has 1 aliphatic rings. The largest absolute Gasteiger partial charge is 0.481 e. The molecule has 1 unspecified atom stereocenters. The Hall–Kier alpha value is -1.30. The van der Waals surface area contributed by atoms with Gasteiger partial charge in [0.1, 0.15) is 0 Å². The Labute approximate surface area is 101 Å². The van der Waals surface area contributed by atoms with E-state index in [0.29, 0.717) is 13.1 Å². The van der Waals surface area contributed by atoms with Crippen LogP contribution in [0.2, 0.25) is 0 Å². The van der Waals surface area contributed by atoms with Gasteiger partial charge in [0.25, 0.3) is 0 Å². The van der Waals surface area contributed by atoms with Crippen LogP contribution in [0.25, 0.3) is 0 Å². The van der Waals surface area contributed by atoms with Gasteiger partial charge in [0.05, 0.1) is 6.42 Å². The van der Waals surface area contributed by atoms with Crippen molar-refractivity contribution in [2.45, 2.75) is 25.7 Å². The van der Waals surface area contributed by atoms with Crippen LogP contribution in [0.4, 0.5) is 4.79 Å². The second-order valence-corrected chi connectivity index (χ2v) is 4.34. The Kier molecular flexibility index (Phi) is 5.76. The molecule has 0 aromatic carbocycles. The standard InChI is InChI=1S/C11H20N2O4/c14-8-9-2-1-6-13(7-4-9)11(17)12-5-3-10(15)16/h9,14H,1-8H2,(H,12,17)(H,15,16). The molecule has 98 valence electrons. The first kappa shape index (κ1) is 13.8. The van der Waals surface area contributed by atoms with Gasteiger partial charge in [0.15, 0.2) is 0 Å². The molecule has 17 heavy (non-hydrogen) atoms. The molecular weight excluding hydrogens is 224 g/mol. The van der Waals surface area contributed by atoms with Gasteiger partial charge in [-0.05, 0) is 25.2 Å². The zero-order valence-corrected chi connectivity index (χ0v) is 9.89. The SMILES string of the molecule is O=C(O)CCNC(=O)N1CCCC(CO)CC1. The molecule has 6 heteroatoms. The number of aliphatic hydroxyl groups excluding tert-OH is 1. The maximum absolute atomic E-state index is 11.7. The van der Waals surface area contributed by atoms with Crippen molar-refractivity contribution in [3.05, 3.63) is 0 Å². The van der Waals surface area contributed by atoms with Crippen LogP contribution in [0.3, 0.4) is 0 Å². The van der Waals surface area contributed by atoms with E-state index in [1.165, 1.54) is 0 Å². The number of carboxylic acids is 1. The van der Waals surface area contributed by atoms with Crippen LogP contribution in [0.5, 0.6) is 0 Å². The molecule has 1 heterocycles. The van der Waals surface area contributed by atoms with E-state index in [4.69, 9.17) is 10.2 Å². The molecule has 0 spiro atoms. The van der Waals surface area contributed by atoms with Gasteiger partial charge >= 0.3 is 12.0 Å². The number of hydrogen-bond acceptors (Lipinski definition) is 3. The number of nitrogens with zero attached hydrogens (tertiary/aromatic N) is 1. The summed E-state index contributed by atoms with van der Waals surface area (Å²) in [5.74, 6) is -0.631. The van der Waals surface area contributed by atoms with E-state index in [9.17, 15) is 9.59 Å². The third kappa shape index (κ3) is 5.04. The summed E-state index contributed by atoms with van der Waals surface area (Å²) in [6.07, 6.45) is 2.58. The molecule has 0 aromatic heterocycles. The molecule has 6 nitrogen and oxygen atoms in total. The Morgan fingerprint density at radius 1 is 1.29 bits per heavy atom. The van der Waals surface area contributed by atoms with Gasteiger partial charge < -0.3 is 20.4 Å². The number of likely N-dealkylation sites (tertiary alicyclic amines) is 1. The molecule has 0 saturated carbocycles. The van der Waals surface area contributed by atoms with Gasteiger partial charge in [-0.25, -0.2) is 4.79 Å². The highest BCUT2D eigenvalue weighted by Gasteiger charge is 2.19. The summed E-state index contributed by atoms with van der Waals surface area (Å²) in [4.78, 5) is 23.7. The van der Waals surface area contributed by atoms with Crippen molar-refractivity contribution in [2.24, 2.45) is 5.92 Å². The lowest BCUT2D eigenvalue weighted by molar-refractivity contribution is -0.136. The van der Waals surface area contributed by atoms with Gasteiger partial charge in [-0.1, -0.05) is 0 Å². The third-order valence-corrected chi connectivity index (χ3v) is 3.01. The average molecular weight is 244 g/mol. The molecular formula is C11H20N2O4. The zero-order chi connectivity index (χ0) is 12.7. The fraction of sp³-hybridized carbons (Fsp3) is 0.818. The van der Waals surface area contributed by atoms with Crippen LogP contribution in [-0.4, -0.2) is 53.4 Å². The number of carbonyl (C=O) groups excluding carboxylic acids is 1. The summed E-state index contributed by atoms with van der Waals surface area (Å²) in [5, 5.41) is 20.1. The predicted molar refractivity (Wildman–Crippen MR) is 61.7 cm³/mol. The van der Waals surface area contributed by atoms with E-state index in [2.05, 4.69) is 5.32 Å². The van der Waals surface area contributed by atoms with Crippen LogP contribution in [0.1, 0.15) is 25.7 Å². The Morgan fingerprint density at radius 2 is 2.06 bits per heavy atom. The minimum atomic E-state index is -0.915. The number of amides is 2. The maximum atomic E-state index is 11.7. The van der Waals surface area contributed by atoms with Gasteiger partial charge in [-0.15, -0.1) is 0 Å². The predicted octanol–water partition coefficient (Wildman–Crippen LogP) is 0.265. The lowest BCUT2D eigenvalue weighted by Crippen LogP contribution is -2.41. The van der Waals surface area contributed by atoms with E-state index in [1.807, 2.05) is 0 Å². The van der Waals surface area contributed by atoms with Gasteiger partial charge in [0.2, 0.25) is 0 Å². The summed E-state index contributed by atoms with van der Waals surface area (Å²) in [7, 11) is 0. The molecule has 1 rings (SSSR count). The monoisotopic (exact) mass is 244 g/mol. The maximum Gasteiger partial charge on any atom is 0.317 e. The van der Waals surface area contributed by atoms with Crippen LogP contribution in [0.15, 0.2) is 0 Å². The number of urea groups is 1. The van der Waals surface area contributed by atoms with Crippen LogP contribution < -0.4 is 5.32 Å². The zero-order valence-electron chi connectivity index (χ0n) is 9.89. The number of hydrogen-bond donors (Lipinski definition) is 3. The van der Waals surface area contributed by atoms with Gasteiger partial charge in [0, 0.05) is 26.2 Å². The number of aliphatic hydroxyl groups is 1. The average Bonchev–Trinajstić information content (AvgIpc) is 2.53. The molecule has 0 bridgehead atoms. The number of aliphatic carboxylic acids is 1. The van der Waals surface area contributed by atoms with E-state index >= 15 is 0 Å². The Morgan fingerprint density at radius 3 is 2.71 bits per heavy atom. The second kappa shape index (κ2) is 7.11. The third-order valence-electron chi connectivity index (χ3n) is 3.01. The number of carboxylic acid groups (broad SMARTS) is 1. The van der Waals surface area contributed by atoms with Crippen molar-refractivity contribution < 1.29 is 19.8 Å². The molecule has 1 fully saturated rings. The first-order valence-electron chi connectivity index (χ1n) is 5.99. The van der Waals surface area contributed by atoms with Gasteiger partial charge in [-0.3, -0.25) is 4.79 Å². The topological polar surface area (TPSA) is 89.9 Å². The summed E-state index contributed by atoms with van der Waals surface area (Å²) in [6.45, 7) is 1.64. The number of nitrogens with one attached hydrogen (secondary N) is 1. The minimum absolute atomic E-state index is 0.0567. The lowest BCUT2D eigenvalue weighted by atomic mass is 10.0. The van der Waals surface area contributed by atoms with Crippen molar-refractivity contribution >= 4 is 12.0 Å². The second-order valence-electron chi connectivity index (χ2n) is 4.34. The fourth-order valence-corrected chi connectivity index (χ4v) is 1.94. The first-order chi connectivity index (χ1) is 8.13. The Bertz CT molecular complexity index is 270. The van der Waals surface area contributed by atoms with Crippen LogP contribution in [0, 0.1) is 5.92 Å². The molecule has 1 aliphatic heterocycles.